The van der Waals surface area contributed by atoms with Gasteiger partial charge in [0.1, 0.15) is 17.3 Å². The Bertz CT molecular complexity index is 377. The summed E-state index contributed by atoms with van der Waals surface area (Å²) in [6.45, 7) is 6.43. The maximum Gasteiger partial charge on any atom is 0.137 e. The number of nitrogens with zero attached hydrogens (tertiary/aromatic N) is 3. The molecule has 94 valence electrons. The van der Waals surface area contributed by atoms with Crippen molar-refractivity contribution in [1.29, 1.82) is 0 Å². The molecule has 0 spiro atoms. The summed E-state index contributed by atoms with van der Waals surface area (Å²) in [7, 11) is 0. The summed E-state index contributed by atoms with van der Waals surface area (Å²) < 4.78 is 0. The van der Waals surface area contributed by atoms with Gasteiger partial charge in [0.2, 0.25) is 0 Å². The maximum absolute atomic E-state index is 6.18. The van der Waals surface area contributed by atoms with Crippen molar-refractivity contribution in [2.24, 2.45) is 5.92 Å². The van der Waals surface area contributed by atoms with Crippen molar-refractivity contribution in [2.45, 2.75) is 39.5 Å². The molecule has 1 fully saturated rings. The number of hydrogen-bond acceptors (Lipinski definition) is 3. The Labute approximate surface area is 108 Å². The second-order valence-corrected chi connectivity index (χ2v) is 5.06. The van der Waals surface area contributed by atoms with Crippen molar-refractivity contribution >= 4 is 17.4 Å². The first-order valence-electron chi connectivity index (χ1n) is 6.50. The average Bonchev–Trinajstić information content (AvgIpc) is 3.13. The fourth-order valence-electron chi connectivity index (χ4n) is 2.10. The number of hydrogen-bond donors (Lipinski definition) is 0. The smallest absolute Gasteiger partial charge is 0.137 e. The van der Waals surface area contributed by atoms with E-state index in [1.165, 1.54) is 12.8 Å². The molecule has 1 aromatic rings. The van der Waals surface area contributed by atoms with Crippen molar-refractivity contribution in [3.63, 3.8) is 0 Å². The molecule has 3 nitrogen and oxygen atoms in total. The average molecular weight is 254 g/mol. The minimum atomic E-state index is 0.617. The molecule has 0 N–H and O–H groups in total. The Kier molecular flexibility index (Phi) is 4.21. The molecule has 0 radical (unpaired) electrons. The van der Waals surface area contributed by atoms with Crippen molar-refractivity contribution in [1.82, 2.24) is 9.97 Å². The Morgan fingerprint density at radius 3 is 2.71 bits per heavy atom. The summed E-state index contributed by atoms with van der Waals surface area (Å²) in [5, 5.41) is 0.617. The third-order valence-electron chi connectivity index (χ3n) is 3.23. The first-order valence-corrected chi connectivity index (χ1v) is 6.88. The Hall–Kier alpha value is -0.830. The maximum atomic E-state index is 6.18. The predicted molar refractivity (Wildman–Crippen MR) is 71.6 cm³/mol. The third kappa shape index (κ3) is 3.09. The normalized spacial score (nSPS) is 15.0. The van der Waals surface area contributed by atoms with Crippen LogP contribution in [-0.2, 0) is 6.42 Å². The van der Waals surface area contributed by atoms with E-state index >= 15 is 0 Å². The molecule has 0 unspecified atom stereocenters. The lowest BCUT2D eigenvalue weighted by molar-refractivity contribution is 0.721. The van der Waals surface area contributed by atoms with Crippen LogP contribution < -0.4 is 4.90 Å². The van der Waals surface area contributed by atoms with Gasteiger partial charge in [-0.25, -0.2) is 9.97 Å². The Morgan fingerprint density at radius 1 is 1.35 bits per heavy atom. The molecule has 2 rings (SSSR count). The minimum absolute atomic E-state index is 0.617. The van der Waals surface area contributed by atoms with Crippen molar-refractivity contribution in [2.75, 3.05) is 18.0 Å². The summed E-state index contributed by atoms with van der Waals surface area (Å²) in [5.74, 6) is 1.90. The highest BCUT2D eigenvalue weighted by Crippen LogP contribution is 2.32. The van der Waals surface area contributed by atoms with Gasteiger partial charge in [-0.2, -0.15) is 0 Å². The highest BCUT2D eigenvalue weighted by Gasteiger charge is 2.25. The van der Waals surface area contributed by atoms with Gasteiger partial charge in [-0.3, -0.25) is 0 Å². The zero-order valence-electron chi connectivity index (χ0n) is 10.6. The lowest BCUT2D eigenvalue weighted by Gasteiger charge is -2.24. The van der Waals surface area contributed by atoms with Gasteiger partial charge in [-0.1, -0.05) is 24.9 Å². The monoisotopic (exact) mass is 253 g/mol. The first kappa shape index (κ1) is 12.6. The second-order valence-electron chi connectivity index (χ2n) is 4.70. The fourth-order valence-corrected chi connectivity index (χ4v) is 2.32. The van der Waals surface area contributed by atoms with Crippen molar-refractivity contribution < 1.29 is 0 Å². The van der Waals surface area contributed by atoms with Crippen molar-refractivity contribution in [3.05, 3.63) is 17.0 Å². The van der Waals surface area contributed by atoms with Gasteiger partial charge in [-0.15, -0.1) is 0 Å². The number of anilines is 1. The quantitative estimate of drug-likeness (QED) is 0.729. The van der Waals surface area contributed by atoms with E-state index in [0.717, 1.165) is 43.2 Å². The van der Waals surface area contributed by atoms with Crippen LogP contribution in [0.25, 0.3) is 0 Å². The lowest BCUT2D eigenvalue weighted by Crippen LogP contribution is -2.27. The van der Waals surface area contributed by atoms with Crippen LogP contribution in [0, 0.1) is 5.92 Å². The summed E-state index contributed by atoms with van der Waals surface area (Å²) >= 11 is 6.18. The number of rotatable bonds is 6. The molecule has 1 aromatic heterocycles. The molecule has 1 heterocycles. The van der Waals surface area contributed by atoms with Gasteiger partial charge in [0.25, 0.3) is 0 Å². The van der Waals surface area contributed by atoms with Crippen LogP contribution in [0.15, 0.2) is 6.33 Å². The summed E-state index contributed by atoms with van der Waals surface area (Å²) in [6.07, 6.45) is 6.32. The van der Waals surface area contributed by atoms with E-state index in [2.05, 4.69) is 28.7 Å². The van der Waals surface area contributed by atoms with Gasteiger partial charge in [-0.05, 0) is 32.1 Å². The molecule has 1 saturated carbocycles. The third-order valence-corrected chi connectivity index (χ3v) is 3.55. The molecule has 0 amide bonds. The zero-order chi connectivity index (χ0) is 12.3. The second kappa shape index (κ2) is 5.67. The van der Waals surface area contributed by atoms with Gasteiger partial charge >= 0.3 is 0 Å². The highest BCUT2D eigenvalue weighted by atomic mass is 35.5. The van der Waals surface area contributed by atoms with E-state index in [-0.39, 0.29) is 0 Å². The van der Waals surface area contributed by atoms with Crippen LogP contribution in [0.3, 0.4) is 0 Å². The lowest BCUT2D eigenvalue weighted by atomic mass is 10.1. The van der Waals surface area contributed by atoms with Gasteiger partial charge in [0.05, 0.1) is 0 Å². The Morgan fingerprint density at radius 2 is 2.12 bits per heavy atom. The topological polar surface area (TPSA) is 29.0 Å². The van der Waals surface area contributed by atoms with Gasteiger partial charge in [0.15, 0.2) is 0 Å². The minimum Gasteiger partial charge on any atom is -0.356 e. The van der Waals surface area contributed by atoms with Crippen LogP contribution in [0.5, 0.6) is 0 Å². The molecule has 0 bridgehead atoms. The van der Waals surface area contributed by atoms with E-state index in [4.69, 9.17) is 11.6 Å². The molecule has 0 saturated heterocycles. The molecule has 1 aliphatic rings. The molecule has 0 aromatic carbocycles. The predicted octanol–water partition coefficient (Wildman–Crippen LogP) is 3.32. The van der Waals surface area contributed by atoms with Crippen LogP contribution in [-0.4, -0.2) is 23.1 Å². The van der Waals surface area contributed by atoms with Crippen LogP contribution in [0.1, 0.15) is 38.7 Å². The van der Waals surface area contributed by atoms with Crippen molar-refractivity contribution in [3.8, 4) is 0 Å². The SMILES string of the molecule is CCCc1c(Cl)ncnc1N(CC)CC1CC1. The van der Waals surface area contributed by atoms with E-state index in [1.54, 1.807) is 6.33 Å². The Balaban J connectivity index is 2.23. The fraction of sp³-hybridized carbons (Fsp3) is 0.692. The number of halogens is 1. The molecular weight excluding hydrogens is 234 g/mol. The molecule has 4 heteroatoms. The molecular formula is C13H20ClN3. The largest absolute Gasteiger partial charge is 0.356 e. The van der Waals surface area contributed by atoms with Gasteiger partial charge in [0, 0.05) is 18.7 Å². The van der Waals surface area contributed by atoms with Crippen LogP contribution >= 0.6 is 11.6 Å². The summed E-state index contributed by atoms with van der Waals surface area (Å²) in [4.78, 5) is 10.9. The molecule has 1 aliphatic carbocycles. The number of aromatic nitrogens is 2. The summed E-state index contributed by atoms with van der Waals surface area (Å²) in [6, 6.07) is 0. The van der Waals surface area contributed by atoms with E-state index < -0.39 is 0 Å². The van der Waals surface area contributed by atoms with Gasteiger partial charge < -0.3 is 4.90 Å². The van der Waals surface area contributed by atoms with Crippen LogP contribution in [0.2, 0.25) is 5.15 Å². The molecule has 0 aliphatic heterocycles. The van der Waals surface area contributed by atoms with E-state index in [0.29, 0.717) is 5.15 Å². The first-order chi connectivity index (χ1) is 8.26. The van der Waals surface area contributed by atoms with E-state index in [9.17, 15) is 0 Å². The standard InChI is InChI=1S/C13H20ClN3/c1-3-5-11-12(14)15-9-16-13(11)17(4-2)8-10-6-7-10/h9-10H,3-8H2,1-2H3. The zero-order valence-corrected chi connectivity index (χ0v) is 11.4. The highest BCUT2D eigenvalue weighted by molar-refractivity contribution is 6.30. The molecule has 17 heavy (non-hydrogen) atoms. The van der Waals surface area contributed by atoms with Crippen LogP contribution in [0.4, 0.5) is 5.82 Å². The summed E-state index contributed by atoms with van der Waals surface area (Å²) in [5.41, 5.74) is 1.11. The molecule has 0 atom stereocenters. The van der Waals surface area contributed by atoms with E-state index in [1.807, 2.05) is 0 Å².